The fourth-order valence-corrected chi connectivity index (χ4v) is 3.76. The predicted molar refractivity (Wildman–Crippen MR) is 115 cm³/mol. The molecular weight excluding hydrogens is 382 g/mol. The minimum atomic E-state index is -1.12. The van der Waals surface area contributed by atoms with Gasteiger partial charge in [0.1, 0.15) is 6.04 Å². The first kappa shape index (κ1) is 21.4. The summed E-state index contributed by atoms with van der Waals surface area (Å²) in [6.07, 6.45) is 1.44. The lowest BCUT2D eigenvalue weighted by Gasteiger charge is -2.23. The van der Waals surface area contributed by atoms with Crippen LogP contribution in [0.1, 0.15) is 49.8 Å². The lowest BCUT2D eigenvalue weighted by Crippen LogP contribution is -2.40. The van der Waals surface area contributed by atoms with Crippen molar-refractivity contribution in [3.8, 4) is 0 Å². The number of hydrazine groups is 1. The molecule has 0 fully saturated rings. The molecule has 3 N–H and O–H groups in total. The van der Waals surface area contributed by atoms with E-state index in [1.54, 1.807) is 5.01 Å². The van der Waals surface area contributed by atoms with Crippen molar-refractivity contribution in [2.75, 3.05) is 10.4 Å². The molecule has 0 bridgehead atoms. The molecule has 2 amide bonds. The van der Waals surface area contributed by atoms with E-state index in [-0.39, 0.29) is 12.3 Å². The molecule has 7 nitrogen and oxygen atoms in total. The first-order chi connectivity index (χ1) is 14.4. The molecule has 0 saturated carbocycles. The van der Waals surface area contributed by atoms with Crippen LogP contribution < -0.4 is 15.8 Å². The topological polar surface area (TPSA) is 98.7 Å². The molecule has 30 heavy (non-hydrogen) atoms. The Kier molecular flexibility index (Phi) is 6.40. The number of para-hydroxylation sites is 2. The maximum absolute atomic E-state index is 13.4. The second kappa shape index (κ2) is 8.98. The number of benzene rings is 2. The highest BCUT2D eigenvalue weighted by Crippen LogP contribution is 2.42. The van der Waals surface area contributed by atoms with Gasteiger partial charge in [-0.15, -0.1) is 0 Å². The van der Waals surface area contributed by atoms with Crippen molar-refractivity contribution in [3.63, 3.8) is 0 Å². The van der Waals surface area contributed by atoms with Gasteiger partial charge >= 0.3 is 5.97 Å². The second-order valence-electron chi connectivity index (χ2n) is 7.39. The first-order valence-electron chi connectivity index (χ1n) is 10.2. The molecule has 0 spiro atoms. The molecule has 0 aromatic heterocycles. The number of aliphatic carboxylic acids is 1. The van der Waals surface area contributed by atoms with E-state index in [2.05, 4.69) is 17.7 Å². The Morgan fingerprint density at radius 2 is 1.73 bits per heavy atom. The van der Waals surface area contributed by atoms with Gasteiger partial charge in [0.2, 0.25) is 5.91 Å². The lowest BCUT2D eigenvalue weighted by atomic mass is 9.94. The monoisotopic (exact) mass is 409 g/mol. The van der Waals surface area contributed by atoms with Crippen LogP contribution >= 0.6 is 0 Å². The third-order valence-corrected chi connectivity index (χ3v) is 5.42. The van der Waals surface area contributed by atoms with Crippen LogP contribution in [0.4, 0.5) is 11.4 Å². The molecular formula is C23H27N3O4. The summed E-state index contributed by atoms with van der Waals surface area (Å²) in [5, 5.41) is 13.0. The van der Waals surface area contributed by atoms with Gasteiger partial charge in [-0.1, -0.05) is 50.2 Å². The summed E-state index contributed by atoms with van der Waals surface area (Å²) in [5.41, 5.74) is 7.74. The minimum absolute atomic E-state index is 0.107. The smallest absolute Gasteiger partial charge is 0.325 e. The quantitative estimate of drug-likeness (QED) is 0.622. The largest absolute Gasteiger partial charge is 0.480 e. The summed E-state index contributed by atoms with van der Waals surface area (Å²) in [6.45, 7) is 5.47. The summed E-state index contributed by atoms with van der Waals surface area (Å²) >= 11 is 0. The third kappa shape index (κ3) is 4.15. The summed E-state index contributed by atoms with van der Waals surface area (Å²) in [4.78, 5) is 36.8. The Bertz CT molecular complexity index is 973. The van der Waals surface area contributed by atoms with Crippen LogP contribution in [0, 0.1) is 0 Å². The number of carbonyl (C=O) groups is 3. The molecule has 3 rings (SSSR count). The molecule has 1 heterocycles. The number of fused-ring (bicyclic) bond motifs is 1. The summed E-state index contributed by atoms with van der Waals surface area (Å²) < 4.78 is 0. The van der Waals surface area contributed by atoms with Crippen molar-refractivity contribution in [1.29, 1.82) is 0 Å². The molecule has 2 aromatic carbocycles. The van der Waals surface area contributed by atoms with Crippen molar-refractivity contribution in [2.24, 2.45) is 0 Å². The number of nitrogens with one attached hydrogen (secondary N) is 2. The Morgan fingerprint density at radius 1 is 1.07 bits per heavy atom. The number of carboxylic acid groups (broad SMARTS) is 1. The van der Waals surface area contributed by atoms with E-state index < -0.39 is 23.8 Å². The van der Waals surface area contributed by atoms with Crippen molar-refractivity contribution in [3.05, 3.63) is 59.2 Å². The van der Waals surface area contributed by atoms with E-state index in [1.165, 1.54) is 6.92 Å². The van der Waals surface area contributed by atoms with E-state index in [1.807, 2.05) is 49.4 Å². The number of amides is 2. The van der Waals surface area contributed by atoms with E-state index in [0.29, 0.717) is 0 Å². The molecule has 0 aliphatic carbocycles. The molecule has 0 saturated heterocycles. The maximum Gasteiger partial charge on any atom is 0.325 e. The van der Waals surface area contributed by atoms with Gasteiger partial charge in [-0.2, -0.15) is 0 Å². The first-order valence-corrected chi connectivity index (χ1v) is 10.2. The standard InChI is InChI=1S/C23H27N3O4/c1-4-15-9-6-7-12-19(15)25-26-21-16(5-2)10-8-11-17(21)18(22(26)28)13-20(27)24-14(3)23(29)30/h6-12,14,18,25H,4-5,13H2,1-3H3,(H,24,27)(H,29,30). The number of nitrogens with zero attached hydrogens (tertiary/aromatic N) is 1. The molecule has 2 unspecified atom stereocenters. The Morgan fingerprint density at radius 3 is 2.40 bits per heavy atom. The van der Waals surface area contributed by atoms with Crippen LogP contribution in [0.15, 0.2) is 42.5 Å². The van der Waals surface area contributed by atoms with Gasteiger partial charge in [-0.05, 0) is 42.5 Å². The molecule has 7 heteroatoms. The fraction of sp³-hybridized carbons (Fsp3) is 0.348. The zero-order chi connectivity index (χ0) is 21.8. The van der Waals surface area contributed by atoms with Crippen molar-refractivity contribution >= 4 is 29.2 Å². The highest BCUT2D eigenvalue weighted by atomic mass is 16.4. The van der Waals surface area contributed by atoms with Crippen LogP contribution in [0.2, 0.25) is 0 Å². The zero-order valence-corrected chi connectivity index (χ0v) is 17.4. The summed E-state index contributed by atoms with van der Waals surface area (Å²) in [7, 11) is 0. The number of carbonyl (C=O) groups excluding carboxylic acids is 2. The SMILES string of the molecule is CCc1ccccc1NN1C(=O)C(CC(=O)NC(C)C(=O)O)c2cccc(CC)c21. The normalized spacial score (nSPS) is 16.2. The highest BCUT2D eigenvalue weighted by molar-refractivity contribution is 6.09. The van der Waals surface area contributed by atoms with Crippen molar-refractivity contribution in [1.82, 2.24) is 5.32 Å². The van der Waals surface area contributed by atoms with Gasteiger partial charge in [0.25, 0.3) is 5.91 Å². The van der Waals surface area contributed by atoms with E-state index >= 15 is 0 Å². The van der Waals surface area contributed by atoms with Gasteiger partial charge in [0.15, 0.2) is 0 Å². The number of rotatable bonds is 8. The van der Waals surface area contributed by atoms with E-state index in [0.717, 1.165) is 40.9 Å². The highest BCUT2D eigenvalue weighted by Gasteiger charge is 2.40. The number of hydrogen-bond acceptors (Lipinski definition) is 4. The number of hydrogen-bond donors (Lipinski definition) is 3. The Labute approximate surface area is 176 Å². The number of aryl methyl sites for hydroxylation is 2. The van der Waals surface area contributed by atoms with Crippen LogP contribution in [-0.4, -0.2) is 28.9 Å². The Balaban J connectivity index is 1.93. The molecule has 0 radical (unpaired) electrons. The molecule has 2 atom stereocenters. The number of anilines is 2. The molecule has 158 valence electrons. The number of carboxylic acids is 1. The van der Waals surface area contributed by atoms with Gasteiger partial charge in [0, 0.05) is 6.42 Å². The van der Waals surface area contributed by atoms with Crippen LogP contribution in [-0.2, 0) is 27.2 Å². The van der Waals surface area contributed by atoms with Gasteiger partial charge in [0.05, 0.1) is 17.3 Å². The van der Waals surface area contributed by atoms with E-state index in [4.69, 9.17) is 5.11 Å². The van der Waals surface area contributed by atoms with Crippen LogP contribution in [0.25, 0.3) is 0 Å². The molecule has 1 aliphatic rings. The summed E-state index contributed by atoms with van der Waals surface area (Å²) in [6, 6.07) is 12.5. The fourth-order valence-electron chi connectivity index (χ4n) is 3.76. The molecule has 1 aliphatic heterocycles. The summed E-state index contributed by atoms with van der Waals surface area (Å²) in [5.74, 6) is -2.48. The van der Waals surface area contributed by atoms with Crippen molar-refractivity contribution < 1.29 is 19.5 Å². The van der Waals surface area contributed by atoms with Gasteiger partial charge in [-0.25, -0.2) is 5.01 Å². The lowest BCUT2D eigenvalue weighted by molar-refractivity contribution is -0.141. The van der Waals surface area contributed by atoms with Crippen LogP contribution in [0.5, 0.6) is 0 Å². The average Bonchev–Trinajstić information content (AvgIpc) is 2.99. The predicted octanol–water partition coefficient (Wildman–Crippen LogP) is 3.25. The van der Waals surface area contributed by atoms with Crippen molar-refractivity contribution in [2.45, 2.75) is 52.0 Å². The van der Waals surface area contributed by atoms with Gasteiger partial charge in [-0.3, -0.25) is 19.8 Å². The third-order valence-electron chi connectivity index (χ3n) is 5.42. The molecule has 2 aromatic rings. The zero-order valence-electron chi connectivity index (χ0n) is 17.4. The average molecular weight is 409 g/mol. The van der Waals surface area contributed by atoms with Gasteiger partial charge < -0.3 is 10.4 Å². The van der Waals surface area contributed by atoms with Crippen LogP contribution in [0.3, 0.4) is 0 Å². The Hall–Kier alpha value is -3.35. The van der Waals surface area contributed by atoms with E-state index in [9.17, 15) is 14.4 Å². The maximum atomic E-state index is 13.4. The minimum Gasteiger partial charge on any atom is -0.480 e. The second-order valence-corrected chi connectivity index (χ2v) is 7.39.